The summed E-state index contributed by atoms with van der Waals surface area (Å²) in [6.45, 7) is 8.26. The van der Waals surface area contributed by atoms with Crippen molar-refractivity contribution < 1.29 is 22.8 Å². The number of hydrogen-bond acceptors (Lipinski definition) is 4. The van der Waals surface area contributed by atoms with Gasteiger partial charge >= 0.3 is 12.1 Å². The lowest BCUT2D eigenvalue weighted by molar-refractivity contribution is -0.174. The van der Waals surface area contributed by atoms with Crippen molar-refractivity contribution in [1.29, 1.82) is 0 Å². The Morgan fingerprint density at radius 1 is 1.14 bits per heavy atom. The molecule has 2 aliphatic rings. The average Bonchev–Trinajstić information content (AvgIpc) is 2.86. The Morgan fingerprint density at radius 2 is 1.84 bits per heavy atom. The van der Waals surface area contributed by atoms with Crippen molar-refractivity contribution in [2.24, 2.45) is 16.4 Å². The lowest BCUT2D eigenvalue weighted by Gasteiger charge is -2.55. The number of halogens is 3. The Morgan fingerprint density at radius 3 is 2.49 bits per heavy atom. The molecule has 0 bridgehead atoms. The van der Waals surface area contributed by atoms with Gasteiger partial charge in [-0.2, -0.15) is 18.3 Å². The molecule has 0 aliphatic heterocycles. The van der Waals surface area contributed by atoms with Gasteiger partial charge in [0.15, 0.2) is 0 Å². The first-order valence-corrected chi connectivity index (χ1v) is 12.6. The van der Waals surface area contributed by atoms with E-state index in [1.807, 2.05) is 6.92 Å². The third-order valence-electron chi connectivity index (χ3n) is 8.23. The summed E-state index contributed by atoms with van der Waals surface area (Å²) in [5.74, 6) is -2.08. The van der Waals surface area contributed by atoms with Crippen LogP contribution in [0.5, 0.6) is 0 Å². The Bertz CT molecular complexity index is 1210. The maximum absolute atomic E-state index is 12.9. The first kappa shape index (κ1) is 26.8. The minimum atomic E-state index is -4.93. The summed E-state index contributed by atoms with van der Waals surface area (Å²) in [7, 11) is 0. The highest BCUT2D eigenvalue weighted by atomic mass is 19.4. The minimum Gasteiger partial charge on any atom is -0.348 e. The fourth-order valence-electron chi connectivity index (χ4n) is 6.12. The quantitative estimate of drug-likeness (QED) is 0.518. The third kappa shape index (κ3) is 5.26. The monoisotopic (exact) mass is 514 g/mol. The van der Waals surface area contributed by atoms with Crippen molar-refractivity contribution in [3.05, 3.63) is 65.0 Å². The zero-order valence-electron chi connectivity index (χ0n) is 21.6. The lowest BCUT2D eigenvalue weighted by Crippen LogP contribution is -2.55. The number of hydrazone groups is 1. The van der Waals surface area contributed by atoms with Gasteiger partial charge in [-0.15, -0.1) is 0 Å². The number of rotatable bonds is 5. The van der Waals surface area contributed by atoms with E-state index in [1.165, 1.54) is 12.4 Å². The van der Waals surface area contributed by atoms with E-state index in [0.717, 1.165) is 29.5 Å². The number of nitrogens with zero attached hydrogens (tertiary/aromatic N) is 2. The maximum atomic E-state index is 12.9. The van der Waals surface area contributed by atoms with Gasteiger partial charge in [-0.3, -0.25) is 14.6 Å². The summed E-state index contributed by atoms with van der Waals surface area (Å²) >= 11 is 0. The highest BCUT2D eigenvalue weighted by molar-refractivity contribution is 6.05. The summed E-state index contributed by atoms with van der Waals surface area (Å²) in [5.41, 5.74) is 6.07. The highest BCUT2D eigenvalue weighted by Crippen LogP contribution is 2.57. The smallest absolute Gasteiger partial charge is 0.348 e. The van der Waals surface area contributed by atoms with Gasteiger partial charge in [0, 0.05) is 30.1 Å². The van der Waals surface area contributed by atoms with E-state index in [4.69, 9.17) is 0 Å². The van der Waals surface area contributed by atoms with Crippen molar-refractivity contribution in [2.75, 3.05) is 6.54 Å². The second-order valence-corrected chi connectivity index (χ2v) is 11.1. The lowest BCUT2D eigenvalue weighted by atomic mass is 9.49. The molecule has 1 saturated carbocycles. The molecule has 6 nitrogen and oxygen atoms in total. The molecule has 1 heterocycles. The number of amides is 2. The first-order valence-electron chi connectivity index (χ1n) is 12.6. The summed E-state index contributed by atoms with van der Waals surface area (Å²) in [5, 5.41) is 6.69. The van der Waals surface area contributed by atoms with Crippen LogP contribution >= 0.6 is 0 Å². The highest BCUT2D eigenvalue weighted by Gasteiger charge is 2.53. The van der Waals surface area contributed by atoms with Gasteiger partial charge in [-0.25, -0.2) is 5.43 Å². The molecule has 0 radical (unpaired) electrons. The number of carbonyl (C=O) groups is 2. The SMILES string of the molecule is CC(C)c1ccc2c(c1)/C(=N/NC(=O)c1ccncc1)C[C@H]1[C@](C)(CNC(=O)C(F)(F)F)CCC[C@]21C. The summed E-state index contributed by atoms with van der Waals surface area (Å²) in [6.07, 6.45) is 1.00. The largest absolute Gasteiger partial charge is 0.471 e. The molecule has 2 N–H and O–H groups in total. The minimum absolute atomic E-state index is 0.0817. The van der Waals surface area contributed by atoms with E-state index in [0.29, 0.717) is 24.1 Å². The molecular weight excluding hydrogens is 481 g/mol. The standard InChI is InChI=1S/C28H33F3N4O2/c1-17(2)19-6-7-21-20(14-19)22(34-35-24(36)18-8-12-32-13-9-18)15-23-26(3,10-5-11-27(21,23)4)16-33-25(37)28(29,30)31/h6-9,12-14,17,23H,5,10-11,15-16H2,1-4H3,(H,33,37)(H,35,36)/b34-22+/t23-,26-,27+/m0/s1. The van der Waals surface area contributed by atoms with E-state index in [-0.39, 0.29) is 29.7 Å². The van der Waals surface area contributed by atoms with Gasteiger partial charge in [0.05, 0.1) is 5.71 Å². The molecule has 2 amide bonds. The molecule has 1 aromatic carbocycles. The van der Waals surface area contributed by atoms with Crippen LogP contribution in [0.15, 0.2) is 47.8 Å². The third-order valence-corrected chi connectivity index (χ3v) is 8.23. The summed E-state index contributed by atoms with van der Waals surface area (Å²) < 4.78 is 38.8. The van der Waals surface area contributed by atoms with Crippen LogP contribution < -0.4 is 10.7 Å². The Labute approximate surface area is 215 Å². The molecule has 1 fully saturated rings. The molecule has 4 rings (SSSR count). The molecule has 2 aromatic rings. The molecular formula is C28H33F3N4O2. The Kier molecular flexibility index (Phi) is 7.18. The van der Waals surface area contributed by atoms with E-state index in [2.05, 4.69) is 59.8 Å². The average molecular weight is 515 g/mol. The van der Waals surface area contributed by atoms with E-state index >= 15 is 0 Å². The topological polar surface area (TPSA) is 83.4 Å². The number of carbonyl (C=O) groups excluding carboxylic acids is 2. The van der Waals surface area contributed by atoms with Crippen LogP contribution in [0.1, 0.15) is 86.3 Å². The molecule has 1 aromatic heterocycles. The van der Waals surface area contributed by atoms with Gasteiger partial charge in [0.25, 0.3) is 5.91 Å². The van der Waals surface area contributed by atoms with Crippen molar-refractivity contribution in [2.45, 2.75) is 70.9 Å². The van der Waals surface area contributed by atoms with Gasteiger partial charge in [-0.1, -0.05) is 46.2 Å². The first-order chi connectivity index (χ1) is 17.3. The Hall–Kier alpha value is -3.23. The van der Waals surface area contributed by atoms with Crippen LogP contribution in [0.4, 0.5) is 13.2 Å². The number of hydrogen-bond donors (Lipinski definition) is 2. The van der Waals surface area contributed by atoms with Gasteiger partial charge in [0.1, 0.15) is 0 Å². The molecule has 2 aliphatic carbocycles. The molecule has 0 spiro atoms. The zero-order valence-corrected chi connectivity index (χ0v) is 21.6. The van der Waals surface area contributed by atoms with E-state index < -0.39 is 17.5 Å². The molecule has 9 heteroatoms. The van der Waals surface area contributed by atoms with Crippen LogP contribution in [-0.2, 0) is 10.2 Å². The second-order valence-electron chi connectivity index (χ2n) is 11.1. The molecule has 3 atom stereocenters. The molecule has 0 saturated heterocycles. The fourth-order valence-corrected chi connectivity index (χ4v) is 6.12. The van der Waals surface area contributed by atoms with Crippen molar-refractivity contribution >= 4 is 17.5 Å². The number of fused-ring (bicyclic) bond motifs is 3. The van der Waals surface area contributed by atoms with Crippen molar-refractivity contribution in [3.8, 4) is 0 Å². The van der Waals surface area contributed by atoms with Crippen LogP contribution in [0.25, 0.3) is 0 Å². The molecule has 37 heavy (non-hydrogen) atoms. The van der Waals surface area contributed by atoms with Crippen LogP contribution in [0, 0.1) is 11.3 Å². The van der Waals surface area contributed by atoms with Gasteiger partial charge in [-0.05, 0) is 71.3 Å². The normalized spacial score (nSPS) is 26.4. The number of alkyl halides is 3. The predicted octanol–water partition coefficient (Wildman–Crippen LogP) is 5.49. The van der Waals surface area contributed by atoms with Gasteiger partial charge in [0.2, 0.25) is 0 Å². The van der Waals surface area contributed by atoms with Gasteiger partial charge < -0.3 is 5.32 Å². The Balaban J connectivity index is 1.73. The number of aromatic nitrogens is 1. The van der Waals surface area contributed by atoms with Crippen molar-refractivity contribution in [1.82, 2.24) is 15.7 Å². The van der Waals surface area contributed by atoms with Crippen LogP contribution in [0.3, 0.4) is 0 Å². The number of nitrogens with one attached hydrogen (secondary N) is 2. The molecule has 0 unspecified atom stereocenters. The number of pyridine rings is 1. The van der Waals surface area contributed by atoms with Crippen LogP contribution in [0.2, 0.25) is 0 Å². The van der Waals surface area contributed by atoms with E-state index in [9.17, 15) is 22.8 Å². The van der Waals surface area contributed by atoms with Crippen LogP contribution in [-0.4, -0.2) is 35.2 Å². The maximum Gasteiger partial charge on any atom is 0.471 e. The van der Waals surface area contributed by atoms with Crippen molar-refractivity contribution in [3.63, 3.8) is 0 Å². The summed E-state index contributed by atoms with van der Waals surface area (Å²) in [4.78, 5) is 28.3. The number of benzene rings is 1. The predicted molar refractivity (Wildman–Crippen MR) is 135 cm³/mol. The second kappa shape index (κ2) is 9.91. The summed E-state index contributed by atoms with van der Waals surface area (Å²) in [6, 6.07) is 9.52. The fraction of sp³-hybridized carbons (Fsp3) is 0.500. The zero-order chi connectivity index (χ0) is 27.0. The van der Waals surface area contributed by atoms with E-state index in [1.54, 1.807) is 12.1 Å². The molecule has 198 valence electrons.